The molecule has 2 unspecified atom stereocenters. The summed E-state index contributed by atoms with van der Waals surface area (Å²) in [7, 11) is 2.23. The number of carbonyl (C=O) groups excluding carboxylic acids is 1. The van der Waals surface area contributed by atoms with E-state index in [-0.39, 0.29) is 17.9 Å². The van der Waals surface area contributed by atoms with Crippen LogP contribution in [0.25, 0.3) is 0 Å². The maximum absolute atomic E-state index is 12.1. The predicted octanol–water partition coefficient (Wildman–Crippen LogP) is 2.27. The van der Waals surface area contributed by atoms with Crippen molar-refractivity contribution in [3.05, 3.63) is 0 Å². The normalized spacial score (nSPS) is 27.8. The lowest BCUT2D eigenvalue weighted by Gasteiger charge is -2.31. The topological polar surface area (TPSA) is 58.4 Å². The van der Waals surface area contributed by atoms with E-state index in [1.165, 1.54) is 32.1 Å². The molecule has 2 aliphatic rings. The molecule has 2 atom stereocenters. The summed E-state index contributed by atoms with van der Waals surface area (Å²) in [5, 5.41) is 3.11. The average molecular weight is 295 g/mol. The molecule has 0 heterocycles. The second kappa shape index (κ2) is 8.74. The fourth-order valence-electron chi connectivity index (χ4n) is 3.85. The summed E-state index contributed by atoms with van der Waals surface area (Å²) in [5.41, 5.74) is 5.95. The molecule has 4 heteroatoms. The summed E-state index contributed by atoms with van der Waals surface area (Å²) >= 11 is 0. The van der Waals surface area contributed by atoms with E-state index in [4.69, 9.17) is 5.73 Å². The SMILES string of the molecule is CN(CCCNC(=O)C1CCCC(N)C1)C1CCCCC1. The maximum Gasteiger partial charge on any atom is 0.223 e. The molecule has 2 saturated carbocycles. The van der Waals surface area contributed by atoms with Gasteiger partial charge in [-0.3, -0.25) is 4.79 Å². The van der Waals surface area contributed by atoms with Gasteiger partial charge in [-0.2, -0.15) is 0 Å². The molecule has 122 valence electrons. The van der Waals surface area contributed by atoms with Crippen LogP contribution < -0.4 is 11.1 Å². The van der Waals surface area contributed by atoms with E-state index in [1.54, 1.807) is 0 Å². The fourth-order valence-corrected chi connectivity index (χ4v) is 3.85. The quantitative estimate of drug-likeness (QED) is 0.739. The lowest BCUT2D eigenvalue weighted by molar-refractivity contribution is -0.126. The Morgan fingerprint density at radius 1 is 1.14 bits per heavy atom. The third-order valence-corrected chi connectivity index (χ3v) is 5.27. The van der Waals surface area contributed by atoms with Crippen LogP contribution in [0.5, 0.6) is 0 Å². The highest BCUT2D eigenvalue weighted by Gasteiger charge is 2.25. The third kappa shape index (κ3) is 5.59. The molecule has 3 N–H and O–H groups in total. The van der Waals surface area contributed by atoms with Crippen LogP contribution in [0.15, 0.2) is 0 Å². The van der Waals surface area contributed by atoms with Gasteiger partial charge in [-0.25, -0.2) is 0 Å². The Kier molecular flexibility index (Phi) is 6.97. The van der Waals surface area contributed by atoms with E-state index >= 15 is 0 Å². The van der Waals surface area contributed by atoms with Crippen LogP contribution in [0.4, 0.5) is 0 Å². The van der Waals surface area contributed by atoms with Gasteiger partial charge in [0.05, 0.1) is 0 Å². The molecule has 0 bridgehead atoms. The van der Waals surface area contributed by atoms with E-state index < -0.39 is 0 Å². The number of nitrogens with zero attached hydrogens (tertiary/aromatic N) is 1. The molecule has 0 saturated heterocycles. The highest BCUT2D eigenvalue weighted by atomic mass is 16.1. The molecule has 0 radical (unpaired) electrons. The molecule has 0 aromatic rings. The van der Waals surface area contributed by atoms with E-state index in [1.807, 2.05) is 0 Å². The van der Waals surface area contributed by atoms with E-state index in [9.17, 15) is 4.79 Å². The highest BCUT2D eigenvalue weighted by molar-refractivity contribution is 5.78. The van der Waals surface area contributed by atoms with Gasteiger partial charge in [0, 0.05) is 24.5 Å². The number of hydrogen-bond acceptors (Lipinski definition) is 3. The zero-order chi connectivity index (χ0) is 15.1. The molecule has 2 rings (SSSR count). The molecule has 2 fully saturated rings. The number of amides is 1. The Bertz CT molecular complexity index is 315. The third-order valence-electron chi connectivity index (χ3n) is 5.27. The molecule has 0 aromatic heterocycles. The van der Waals surface area contributed by atoms with Gasteiger partial charge in [0.1, 0.15) is 0 Å². The molecule has 0 spiro atoms. The minimum absolute atomic E-state index is 0.157. The number of rotatable bonds is 6. The zero-order valence-electron chi connectivity index (χ0n) is 13.7. The lowest BCUT2D eigenvalue weighted by Crippen LogP contribution is -2.39. The van der Waals surface area contributed by atoms with Crippen LogP contribution in [-0.2, 0) is 4.79 Å². The first-order valence-corrected chi connectivity index (χ1v) is 8.90. The zero-order valence-corrected chi connectivity index (χ0v) is 13.7. The molecule has 0 aliphatic heterocycles. The van der Waals surface area contributed by atoms with Crippen molar-refractivity contribution in [2.75, 3.05) is 20.1 Å². The largest absolute Gasteiger partial charge is 0.356 e. The van der Waals surface area contributed by atoms with E-state index in [0.717, 1.165) is 51.2 Å². The summed E-state index contributed by atoms with van der Waals surface area (Å²) in [6.45, 7) is 1.90. The molecule has 21 heavy (non-hydrogen) atoms. The van der Waals surface area contributed by atoms with Crippen molar-refractivity contribution in [3.8, 4) is 0 Å². The number of carbonyl (C=O) groups is 1. The summed E-state index contributed by atoms with van der Waals surface area (Å²) in [6.07, 6.45) is 12.0. The summed E-state index contributed by atoms with van der Waals surface area (Å²) in [4.78, 5) is 14.6. The molecular weight excluding hydrogens is 262 g/mol. The smallest absolute Gasteiger partial charge is 0.223 e. The Hall–Kier alpha value is -0.610. The first-order valence-electron chi connectivity index (χ1n) is 8.90. The Balaban J connectivity index is 1.57. The highest BCUT2D eigenvalue weighted by Crippen LogP contribution is 2.23. The van der Waals surface area contributed by atoms with Crippen molar-refractivity contribution in [2.45, 2.75) is 76.3 Å². The average Bonchev–Trinajstić information content (AvgIpc) is 2.52. The Labute approximate surface area is 129 Å². The van der Waals surface area contributed by atoms with Crippen molar-refractivity contribution in [1.29, 1.82) is 0 Å². The van der Waals surface area contributed by atoms with Crippen molar-refractivity contribution in [2.24, 2.45) is 11.7 Å². The summed E-state index contributed by atoms with van der Waals surface area (Å²) in [6, 6.07) is 0.998. The first kappa shape index (κ1) is 16.8. The fraction of sp³-hybridized carbons (Fsp3) is 0.941. The summed E-state index contributed by atoms with van der Waals surface area (Å²) < 4.78 is 0. The van der Waals surface area contributed by atoms with Crippen LogP contribution in [0.2, 0.25) is 0 Å². The van der Waals surface area contributed by atoms with Crippen LogP contribution in [0, 0.1) is 5.92 Å². The monoisotopic (exact) mass is 295 g/mol. The van der Waals surface area contributed by atoms with Gasteiger partial charge in [-0.1, -0.05) is 25.7 Å². The number of nitrogens with one attached hydrogen (secondary N) is 1. The summed E-state index contributed by atoms with van der Waals surface area (Å²) in [5.74, 6) is 0.385. The standard InChI is InChI=1S/C17H33N3O/c1-20(16-9-3-2-4-10-16)12-6-11-19-17(21)14-7-5-8-15(18)13-14/h14-16H,2-13,18H2,1H3,(H,19,21). The molecule has 2 aliphatic carbocycles. The van der Waals surface area contributed by atoms with E-state index in [0.29, 0.717) is 0 Å². The van der Waals surface area contributed by atoms with Gasteiger partial charge < -0.3 is 16.0 Å². The van der Waals surface area contributed by atoms with Gasteiger partial charge in [-0.05, 0) is 52.1 Å². The molecule has 4 nitrogen and oxygen atoms in total. The van der Waals surface area contributed by atoms with Gasteiger partial charge in [-0.15, -0.1) is 0 Å². The molecular formula is C17H33N3O. The number of hydrogen-bond donors (Lipinski definition) is 2. The van der Waals surface area contributed by atoms with E-state index in [2.05, 4.69) is 17.3 Å². The number of nitrogens with two attached hydrogens (primary N) is 1. The minimum atomic E-state index is 0.157. The first-order chi connectivity index (χ1) is 10.2. The van der Waals surface area contributed by atoms with Crippen molar-refractivity contribution in [3.63, 3.8) is 0 Å². The van der Waals surface area contributed by atoms with Gasteiger partial charge >= 0.3 is 0 Å². The molecule has 0 aromatic carbocycles. The van der Waals surface area contributed by atoms with Crippen molar-refractivity contribution >= 4 is 5.91 Å². The predicted molar refractivity (Wildman–Crippen MR) is 87.1 cm³/mol. The van der Waals surface area contributed by atoms with Gasteiger partial charge in [0.15, 0.2) is 0 Å². The van der Waals surface area contributed by atoms with Crippen LogP contribution in [-0.4, -0.2) is 43.0 Å². The van der Waals surface area contributed by atoms with Crippen molar-refractivity contribution in [1.82, 2.24) is 10.2 Å². The van der Waals surface area contributed by atoms with Crippen LogP contribution >= 0.6 is 0 Å². The van der Waals surface area contributed by atoms with Gasteiger partial charge in [0.25, 0.3) is 0 Å². The van der Waals surface area contributed by atoms with Crippen LogP contribution in [0.3, 0.4) is 0 Å². The second-order valence-electron chi connectivity index (χ2n) is 7.04. The maximum atomic E-state index is 12.1. The second-order valence-corrected chi connectivity index (χ2v) is 7.04. The molecule has 1 amide bonds. The van der Waals surface area contributed by atoms with Gasteiger partial charge in [0.2, 0.25) is 5.91 Å². The lowest BCUT2D eigenvalue weighted by atomic mass is 9.85. The van der Waals surface area contributed by atoms with Crippen LogP contribution in [0.1, 0.15) is 64.2 Å². The Morgan fingerprint density at radius 2 is 1.90 bits per heavy atom. The minimum Gasteiger partial charge on any atom is -0.356 e. The van der Waals surface area contributed by atoms with Crippen molar-refractivity contribution < 1.29 is 4.79 Å². The Morgan fingerprint density at radius 3 is 2.62 bits per heavy atom.